The Morgan fingerprint density at radius 3 is 2.38 bits per heavy atom. The molecule has 0 spiro atoms. The van der Waals surface area contributed by atoms with E-state index in [9.17, 15) is 0 Å². The van der Waals surface area contributed by atoms with Crippen LogP contribution in [0.3, 0.4) is 0 Å². The molecule has 0 N–H and O–H groups in total. The van der Waals surface area contributed by atoms with Gasteiger partial charge in [0.25, 0.3) is 0 Å². The van der Waals surface area contributed by atoms with Crippen molar-refractivity contribution in [2.24, 2.45) is 5.92 Å². The molecule has 0 bridgehead atoms. The van der Waals surface area contributed by atoms with Gasteiger partial charge in [-0.15, -0.1) is 0 Å². The minimum Gasteiger partial charge on any atom is -0.303 e. The van der Waals surface area contributed by atoms with Crippen molar-refractivity contribution in [1.29, 1.82) is 0 Å². The Labute approximate surface area is 51.7 Å². The lowest BCUT2D eigenvalue weighted by Gasteiger charge is -2.43. The third kappa shape index (κ3) is 0.752. The Morgan fingerprint density at radius 2 is 2.25 bits per heavy atom. The molecule has 1 heterocycles. The molecule has 1 nitrogen and oxygen atoms in total. The van der Waals surface area contributed by atoms with Crippen LogP contribution in [0.2, 0.25) is 0 Å². The van der Waals surface area contributed by atoms with Gasteiger partial charge in [0.1, 0.15) is 0 Å². The molecule has 0 amide bonds. The second-order valence-corrected chi connectivity index (χ2v) is 2.89. The minimum absolute atomic E-state index is 0.884. The Kier molecular flexibility index (Phi) is 1.57. The van der Waals surface area contributed by atoms with E-state index in [0.29, 0.717) is 0 Å². The first-order valence-electron chi connectivity index (χ1n) is 3.46. The maximum absolute atomic E-state index is 2.42. The second-order valence-electron chi connectivity index (χ2n) is 2.89. The molecular weight excluding hydrogens is 98.1 g/mol. The van der Waals surface area contributed by atoms with Crippen molar-refractivity contribution >= 4 is 0 Å². The van der Waals surface area contributed by atoms with Crippen LogP contribution in [0.5, 0.6) is 0 Å². The van der Waals surface area contributed by atoms with Crippen molar-refractivity contribution in [3.63, 3.8) is 0 Å². The van der Waals surface area contributed by atoms with Gasteiger partial charge in [-0.05, 0) is 19.4 Å². The maximum atomic E-state index is 2.42. The van der Waals surface area contributed by atoms with E-state index in [1.165, 1.54) is 13.0 Å². The number of rotatable bonds is 1. The zero-order chi connectivity index (χ0) is 6.15. The summed E-state index contributed by atoms with van der Waals surface area (Å²) in [5.74, 6) is 0.949. The molecule has 0 radical (unpaired) electrons. The fourth-order valence-corrected chi connectivity index (χ4v) is 1.72. The monoisotopic (exact) mass is 113 g/mol. The van der Waals surface area contributed by atoms with Gasteiger partial charge in [0.05, 0.1) is 0 Å². The highest BCUT2D eigenvalue weighted by Gasteiger charge is 2.30. The van der Waals surface area contributed by atoms with E-state index >= 15 is 0 Å². The van der Waals surface area contributed by atoms with Gasteiger partial charge in [-0.1, -0.05) is 13.8 Å². The molecule has 0 aromatic carbocycles. The second kappa shape index (κ2) is 2.06. The van der Waals surface area contributed by atoms with Crippen molar-refractivity contribution in [3.8, 4) is 0 Å². The molecule has 1 fully saturated rings. The first-order chi connectivity index (χ1) is 3.75. The molecule has 2 atom stereocenters. The van der Waals surface area contributed by atoms with E-state index in [1.54, 1.807) is 0 Å². The van der Waals surface area contributed by atoms with Crippen molar-refractivity contribution in [3.05, 3.63) is 0 Å². The largest absolute Gasteiger partial charge is 0.303 e. The van der Waals surface area contributed by atoms with Crippen molar-refractivity contribution in [2.75, 3.05) is 13.6 Å². The molecule has 1 aliphatic heterocycles. The molecule has 8 heavy (non-hydrogen) atoms. The van der Waals surface area contributed by atoms with E-state index in [4.69, 9.17) is 0 Å². The predicted molar refractivity (Wildman–Crippen MR) is 35.9 cm³/mol. The fourth-order valence-electron chi connectivity index (χ4n) is 1.72. The van der Waals surface area contributed by atoms with Crippen molar-refractivity contribution in [2.45, 2.75) is 26.3 Å². The highest BCUT2D eigenvalue weighted by Crippen LogP contribution is 2.23. The number of hydrogen-bond acceptors (Lipinski definition) is 1. The third-order valence-electron chi connectivity index (χ3n) is 2.22. The van der Waals surface area contributed by atoms with E-state index in [-0.39, 0.29) is 0 Å². The Hall–Kier alpha value is -0.0400. The summed E-state index contributed by atoms with van der Waals surface area (Å²) >= 11 is 0. The minimum atomic E-state index is 0.884. The van der Waals surface area contributed by atoms with Crippen LogP contribution in [-0.2, 0) is 0 Å². The lowest BCUT2D eigenvalue weighted by molar-refractivity contribution is 0.0510. The van der Waals surface area contributed by atoms with Crippen LogP contribution in [0.25, 0.3) is 0 Å². The zero-order valence-electron chi connectivity index (χ0n) is 6.02. The lowest BCUT2D eigenvalue weighted by atomic mass is 9.89. The standard InChI is InChI=1S/C7H15N/c1-4-7-6(2)5-8(7)3/h6-7H,4-5H2,1-3H3. The topological polar surface area (TPSA) is 3.24 Å². The molecule has 0 saturated carbocycles. The van der Waals surface area contributed by atoms with Crippen LogP contribution in [0, 0.1) is 5.92 Å². The normalized spacial score (nSPS) is 39.4. The summed E-state index contributed by atoms with van der Waals surface area (Å²) < 4.78 is 0. The van der Waals surface area contributed by atoms with Gasteiger partial charge in [0.2, 0.25) is 0 Å². The molecular formula is C7H15N. The van der Waals surface area contributed by atoms with Crippen molar-refractivity contribution < 1.29 is 0 Å². The van der Waals surface area contributed by atoms with Crippen LogP contribution in [0.1, 0.15) is 20.3 Å². The van der Waals surface area contributed by atoms with Gasteiger partial charge >= 0.3 is 0 Å². The predicted octanol–water partition coefficient (Wildman–Crippen LogP) is 1.35. The third-order valence-corrected chi connectivity index (χ3v) is 2.22. The average molecular weight is 113 g/mol. The molecule has 48 valence electrons. The Morgan fingerprint density at radius 1 is 1.62 bits per heavy atom. The van der Waals surface area contributed by atoms with Gasteiger partial charge in [-0.3, -0.25) is 0 Å². The van der Waals surface area contributed by atoms with Crippen LogP contribution < -0.4 is 0 Å². The molecule has 0 aromatic heterocycles. The SMILES string of the molecule is CCC1C(C)CN1C. The summed E-state index contributed by atoms with van der Waals surface area (Å²) in [6.07, 6.45) is 1.32. The van der Waals surface area contributed by atoms with Crippen LogP contribution in [0.15, 0.2) is 0 Å². The van der Waals surface area contributed by atoms with Gasteiger partial charge in [0, 0.05) is 12.6 Å². The van der Waals surface area contributed by atoms with Gasteiger partial charge < -0.3 is 4.90 Å². The number of hydrogen-bond donors (Lipinski definition) is 0. The van der Waals surface area contributed by atoms with E-state index in [1.807, 2.05) is 0 Å². The van der Waals surface area contributed by atoms with E-state index in [0.717, 1.165) is 12.0 Å². The average Bonchev–Trinajstić information content (AvgIpc) is 1.67. The van der Waals surface area contributed by atoms with E-state index < -0.39 is 0 Å². The van der Waals surface area contributed by atoms with Gasteiger partial charge in [-0.2, -0.15) is 0 Å². The highest BCUT2D eigenvalue weighted by molar-refractivity contribution is 4.84. The summed E-state index contributed by atoms with van der Waals surface area (Å²) in [5.41, 5.74) is 0. The summed E-state index contributed by atoms with van der Waals surface area (Å²) in [7, 11) is 2.20. The Balaban J connectivity index is 2.29. The molecule has 1 aliphatic rings. The first kappa shape index (κ1) is 6.09. The van der Waals surface area contributed by atoms with Gasteiger partial charge in [0.15, 0.2) is 0 Å². The molecule has 2 unspecified atom stereocenters. The quantitative estimate of drug-likeness (QED) is 0.496. The molecule has 0 aromatic rings. The van der Waals surface area contributed by atoms with E-state index in [2.05, 4.69) is 25.8 Å². The number of likely N-dealkylation sites (tertiary alicyclic amines) is 1. The van der Waals surface area contributed by atoms with Crippen LogP contribution in [0.4, 0.5) is 0 Å². The molecule has 1 saturated heterocycles. The summed E-state index contributed by atoms with van der Waals surface area (Å²) in [6, 6.07) is 0.884. The lowest BCUT2D eigenvalue weighted by Crippen LogP contribution is -2.51. The Bertz CT molecular complexity index is 72.5. The summed E-state index contributed by atoms with van der Waals surface area (Å²) in [4.78, 5) is 2.42. The highest BCUT2D eigenvalue weighted by atomic mass is 15.2. The molecule has 0 aliphatic carbocycles. The first-order valence-corrected chi connectivity index (χ1v) is 3.46. The smallest absolute Gasteiger partial charge is 0.0127 e. The molecule has 1 heteroatoms. The van der Waals surface area contributed by atoms with Crippen molar-refractivity contribution in [1.82, 2.24) is 4.90 Å². The van der Waals surface area contributed by atoms with Gasteiger partial charge in [-0.25, -0.2) is 0 Å². The summed E-state index contributed by atoms with van der Waals surface area (Å²) in [5, 5.41) is 0. The van der Waals surface area contributed by atoms with Crippen LogP contribution in [-0.4, -0.2) is 24.5 Å². The molecule has 1 rings (SSSR count). The summed E-state index contributed by atoms with van der Waals surface area (Å²) in [6.45, 7) is 5.89. The number of nitrogens with zero attached hydrogens (tertiary/aromatic N) is 1. The fraction of sp³-hybridized carbons (Fsp3) is 1.00. The maximum Gasteiger partial charge on any atom is 0.0127 e. The van der Waals surface area contributed by atoms with Crippen LogP contribution >= 0.6 is 0 Å². The zero-order valence-corrected chi connectivity index (χ0v) is 6.02.